The van der Waals surface area contributed by atoms with Gasteiger partial charge in [0.15, 0.2) is 0 Å². The highest BCUT2D eigenvalue weighted by Gasteiger charge is 2.22. The standard InChI is InChI=1S/C19H24N2O/c1-3-7-17(8-4-1)13-20-14-19-16-22-12-11-21(19)15-18-9-5-2-6-10-18/h1-10,19-20H,11-16H2/t19-/m1/s1. The second kappa shape index (κ2) is 8.08. The summed E-state index contributed by atoms with van der Waals surface area (Å²) < 4.78 is 5.67. The summed E-state index contributed by atoms with van der Waals surface area (Å²) in [6, 6.07) is 21.7. The molecule has 1 N–H and O–H groups in total. The Balaban J connectivity index is 1.51. The molecule has 0 bridgehead atoms. The number of ether oxygens (including phenoxy) is 1. The first-order valence-electron chi connectivity index (χ1n) is 8.02. The van der Waals surface area contributed by atoms with Gasteiger partial charge in [-0.1, -0.05) is 60.7 Å². The van der Waals surface area contributed by atoms with Gasteiger partial charge in [0.1, 0.15) is 0 Å². The van der Waals surface area contributed by atoms with Gasteiger partial charge in [0.2, 0.25) is 0 Å². The number of nitrogens with one attached hydrogen (secondary N) is 1. The van der Waals surface area contributed by atoms with Crippen LogP contribution in [0.2, 0.25) is 0 Å². The lowest BCUT2D eigenvalue weighted by Gasteiger charge is -2.35. The number of benzene rings is 2. The molecule has 0 unspecified atom stereocenters. The lowest BCUT2D eigenvalue weighted by molar-refractivity contribution is -0.0110. The third-order valence-electron chi connectivity index (χ3n) is 4.13. The fourth-order valence-electron chi connectivity index (χ4n) is 2.88. The van der Waals surface area contributed by atoms with E-state index < -0.39 is 0 Å². The Morgan fingerprint density at radius 2 is 1.64 bits per heavy atom. The molecular weight excluding hydrogens is 272 g/mol. The molecule has 0 radical (unpaired) electrons. The van der Waals surface area contributed by atoms with E-state index in [9.17, 15) is 0 Å². The average Bonchev–Trinajstić information content (AvgIpc) is 2.58. The van der Waals surface area contributed by atoms with Crippen molar-refractivity contribution in [1.82, 2.24) is 10.2 Å². The van der Waals surface area contributed by atoms with Crippen molar-refractivity contribution in [1.29, 1.82) is 0 Å². The second-order valence-electron chi connectivity index (χ2n) is 5.80. The SMILES string of the molecule is c1ccc(CNC[C@@H]2COCCN2Cc2ccccc2)cc1. The Kier molecular flexibility index (Phi) is 5.59. The molecule has 3 heteroatoms. The fraction of sp³-hybridized carbons (Fsp3) is 0.368. The fourth-order valence-corrected chi connectivity index (χ4v) is 2.88. The first-order chi connectivity index (χ1) is 10.9. The largest absolute Gasteiger partial charge is 0.378 e. The maximum atomic E-state index is 5.67. The smallest absolute Gasteiger partial charge is 0.0635 e. The zero-order valence-electron chi connectivity index (χ0n) is 12.9. The highest BCUT2D eigenvalue weighted by Crippen LogP contribution is 2.12. The molecule has 1 aliphatic rings. The van der Waals surface area contributed by atoms with Gasteiger partial charge in [-0.3, -0.25) is 4.90 Å². The van der Waals surface area contributed by atoms with Gasteiger partial charge in [-0.05, 0) is 11.1 Å². The van der Waals surface area contributed by atoms with Crippen LogP contribution >= 0.6 is 0 Å². The van der Waals surface area contributed by atoms with Gasteiger partial charge in [-0.15, -0.1) is 0 Å². The summed E-state index contributed by atoms with van der Waals surface area (Å²) in [5, 5.41) is 3.57. The number of morpholine rings is 1. The van der Waals surface area contributed by atoms with E-state index in [0.717, 1.165) is 39.4 Å². The van der Waals surface area contributed by atoms with Crippen LogP contribution in [0, 0.1) is 0 Å². The van der Waals surface area contributed by atoms with Crippen molar-refractivity contribution >= 4 is 0 Å². The second-order valence-corrected chi connectivity index (χ2v) is 5.80. The van der Waals surface area contributed by atoms with E-state index in [1.807, 2.05) is 0 Å². The Bertz CT molecular complexity index is 544. The molecule has 1 atom stereocenters. The van der Waals surface area contributed by atoms with E-state index in [4.69, 9.17) is 4.74 Å². The van der Waals surface area contributed by atoms with Crippen LogP contribution in [0.25, 0.3) is 0 Å². The average molecular weight is 296 g/mol. The van der Waals surface area contributed by atoms with Crippen LogP contribution in [0.4, 0.5) is 0 Å². The topological polar surface area (TPSA) is 24.5 Å². The van der Waals surface area contributed by atoms with Gasteiger partial charge in [-0.2, -0.15) is 0 Å². The minimum atomic E-state index is 0.442. The first kappa shape index (κ1) is 15.2. The molecule has 3 rings (SSSR count). The molecule has 2 aromatic carbocycles. The predicted molar refractivity (Wildman–Crippen MR) is 89.6 cm³/mol. The van der Waals surface area contributed by atoms with Gasteiger partial charge in [0, 0.05) is 32.2 Å². The van der Waals surface area contributed by atoms with Crippen LogP contribution in [-0.2, 0) is 17.8 Å². The van der Waals surface area contributed by atoms with E-state index >= 15 is 0 Å². The first-order valence-corrected chi connectivity index (χ1v) is 8.02. The highest BCUT2D eigenvalue weighted by atomic mass is 16.5. The summed E-state index contributed by atoms with van der Waals surface area (Å²) in [4.78, 5) is 2.52. The summed E-state index contributed by atoms with van der Waals surface area (Å²) >= 11 is 0. The number of nitrogens with zero attached hydrogens (tertiary/aromatic N) is 1. The molecule has 116 valence electrons. The molecule has 3 nitrogen and oxygen atoms in total. The predicted octanol–water partition coefficient (Wildman–Crippen LogP) is 2.68. The van der Waals surface area contributed by atoms with Crippen molar-refractivity contribution in [2.24, 2.45) is 0 Å². The normalized spacial score (nSPS) is 19.2. The minimum Gasteiger partial charge on any atom is -0.378 e. The lowest BCUT2D eigenvalue weighted by Crippen LogP contribution is -2.49. The summed E-state index contributed by atoms with van der Waals surface area (Å²) in [6.45, 7) is 5.53. The Hall–Kier alpha value is -1.68. The summed E-state index contributed by atoms with van der Waals surface area (Å²) in [5.41, 5.74) is 2.70. The Morgan fingerprint density at radius 3 is 2.36 bits per heavy atom. The Labute approximate surface area is 132 Å². The van der Waals surface area contributed by atoms with Crippen molar-refractivity contribution in [3.63, 3.8) is 0 Å². The lowest BCUT2D eigenvalue weighted by atomic mass is 10.1. The quantitative estimate of drug-likeness (QED) is 0.887. The van der Waals surface area contributed by atoms with E-state index in [0.29, 0.717) is 6.04 Å². The molecule has 1 fully saturated rings. The van der Waals surface area contributed by atoms with Crippen LogP contribution in [0.15, 0.2) is 60.7 Å². The van der Waals surface area contributed by atoms with Crippen molar-refractivity contribution in [2.75, 3.05) is 26.3 Å². The minimum absolute atomic E-state index is 0.442. The van der Waals surface area contributed by atoms with E-state index in [1.54, 1.807) is 0 Å². The van der Waals surface area contributed by atoms with Crippen LogP contribution in [0.1, 0.15) is 11.1 Å². The zero-order valence-corrected chi connectivity index (χ0v) is 12.9. The van der Waals surface area contributed by atoms with Crippen molar-refractivity contribution < 1.29 is 4.74 Å². The third kappa shape index (κ3) is 4.41. The molecule has 2 aromatic rings. The van der Waals surface area contributed by atoms with Crippen molar-refractivity contribution in [3.05, 3.63) is 71.8 Å². The monoisotopic (exact) mass is 296 g/mol. The molecule has 22 heavy (non-hydrogen) atoms. The van der Waals surface area contributed by atoms with Crippen LogP contribution < -0.4 is 5.32 Å². The van der Waals surface area contributed by atoms with E-state index in [1.165, 1.54) is 11.1 Å². The van der Waals surface area contributed by atoms with E-state index in [-0.39, 0.29) is 0 Å². The highest BCUT2D eigenvalue weighted by molar-refractivity contribution is 5.15. The number of hydrogen-bond donors (Lipinski definition) is 1. The van der Waals surface area contributed by atoms with Gasteiger partial charge in [-0.25, -0.2) is 0 Å². The molecule has 0 spiro atoms. The van der Waals surface area contributed by atoms with Crippen molar-refractivity contribution in [2.45, 2.75) is 19.1 Å². The Morgan fingerprint density at radius 1 is 0.955 bits per heavy atom. The molecule has 1 saturated heterocycles. The van der Waals surface area contributed by atoms with Crippen LogP contribution in [0.5, 0.6) is 0 Å². The van der Waals surface area contributed by atoms with E-state index in [2.05, 4.69) is 70.9 Å². The van der Waals surface area contributed by atoms with Crippen LogP contribution in [0.3, 0.4) is 0 Å². The van der Waals surface area contributed by atoms with Gasteiger partial charge in [0.05, 0.1) is 13.2 Å². The molecule has 0 aromatic heterocycles. The summed E-state index contributed by atoms with van der Waals surface area (Å²) in [7, 11) is 0. The summed E-state index contributed by atoms with van der Waals surface area (Å²) in [6.07, 6.45) is 0. The maximum Gasteiger partial charge on any atom is 0.0635 e. The molecule has 1 aliphatic heterocycles. The molecule has 0 aliphatic carbocycles. The van der Waals surface area contributed by atoms with Crippen molar-refractivity contribution in [3.8, 4) is 0 Å². The maximum absolute atomic E-state index is 5.67. The van der Waals surface area contributed by atoms with Gasteiger partial charge < -0.3 is 10.1 Å². The van der Waals surface area contributed by atoms with Crippen LogP contribution in [-0.4, -0.2) is 37.2 Å². The number of hydrogen-bond acceptors (Lipinski definition) is 3. The van der Waals surface area contributed by atoms with Gasteiger partial charge in [0.25, 0.3) is 0 Å². The molecule has 0 saturated carbocycles. The van der Waals surface area contributed by atoms with Gasteiger partial charge >= 0.3 is 0 Å². The zero-order chi connectivity index (χ0) is 15.0. The third-order valence-corrected chi connectivity index (χ3v) is 4.13. The number of rotatable bonds is 6. The molecule has 0 amide bonds. The summed E-state index contributed by atoms with van der Waals surface area (Å²) in [5.74, 6) is 0. The molecular formula is C19H24N2O. The molecule has 1 heterocycles.